The van der Waals surface area contributed by atoms with Crippen molar-refractivity contribution >= 4 is 5.97 Å². The molecule has 1 unspecified atom stereocenters. The fourth-order valence-corrected chi connectivity index (χ4v) is 1.92. The molecule has 0 radical (unpaired) electrons. The molecule has 18 heavy (non-hydrogen) atoms. The number of rotatable bonds is 6. The Morgan fingerprint density at radius 1 is 1.44 bits per heavy atom. The van der Waals surface area contributed by atoms with E-state index in [1.807, 2.05) is 31.9 Å². The molecule has 0 aliphatic heterocycles. The van der Waals surface area contributed by atoms with Gasteiger partial charge >= 0.3 is 5.97 Å². The Morgan fingerprint density at radius 2 is 2.11 bits per heavy atom. The maximum Gasteiger partial charge on any atom is 0.308 e. The molecular formula is C14H20FNO2. The van der Waals surface area contributed by atoms with Crippen LogP contribution < -0.4 is 0 Å². The SMILES string of the molecule is CC(C)C(CN(C)Cc1cccc(F)c1)C(=O)O. The smallest absolute Gasteiger partial charge is 0.308 e. The third kappa shape index (κ3) is 4.45. The van der Waals surface area contributed by atoms with E-state index in [4.69, 9.17) is 5.11 Å². The van der Waals surface area contributed by atoms with Gasteiger partial charge in [0.15, 0.2) is 0 Å². The predicted molar refractivity (Wildman–Crippen MR) is 68.7 cm³/mol. The number of carboxylic acids is 1. The summed E-state index contributed by atoms with van der Waals surface area (Å²) in [7, 11) is 1.85. The van der Waals surface area contributed by atoms with Crippen molar-refractivity contribution in [1.29, 1.82) is 0 Å². The monoisotopic (exact) mass is 253 g/mol. The summed E-state index contributed by atoms with van der Waals surface area (Å²) in [5.41, 5.74) is 0.852. The summed E-state index contributed by atoms with van der Waals surface area (Å²) >= 11 is 0. The molecule has 1 aromatic rings. The maximum atomic E-state index is 13.0. The summed E-state index contributed by atoms with van der Waals surface area (Å²) in [6.07, 6.45) is 0. The Labute approximate surface area is 107 Å². The molecule has 1 atom stereocenters. The molecule has 0 bridgehead atoms. The Hall–Kier alpha value is -1.42. The molecule has 0 spiro atoms. The van der Waals surface area contributed by atoms with Crippen LogP contribution in [0.25, 0.3) is 0 Å². The van der Waals surface area contributed by atoms with Gasteiger partial charge in [0.1, 0.15) is 5.82 Å². The second-order valence-corrected chi connectivity index (χ2v) is 5.02. The Balaban J connectivity index is 2.60. The first-order valence-electron chi connectivity index (χ1n) is 6.06. The van der Waals surface area contributed by atoms with Gasteiger partial charge in [0.2, 0.25) is 0 Å². The van der Waals surface area contributed by atoms with Crippen molar-refractivity contribution in [2.75, 3.05) is 13.6 Å². The van der Waals surface area contributed by atoms with E-state index < -0.39 is 11.9 Å². The van der Waals surface area contributed by atoms with E-state index in [9.17, 15) is 9.18 Å². The number of nitrogens with zero attached hydrogens (tertiary/aromatic N) is 1. The van der Waals surface area contributed by atoms with Crippen LogP contribution in [0.3, 0.4) is 0 Å². The standard InChI is InChI=1S/C14H20FNO2/c1-10(2)13(14(17)18)9-16(3)8-11-5-4-6-12(15)7-11/h4-7,10,13H,8-9H2,1-3H3,(H,17,18). The molecule has 3 nitrogen and oxygen atoms in total. The van der Waals surface area contributed by atoms with E-state index in [0.29, 0.717) is 13.1 Å². The van der Waals surface area contributed by atoms with Crippen molar-refractivity contribution in [3.05, 3.63) is 35.6 Å². The van der Waals surface area contributed by atoms with E-state index in [-0.39, 0.29) is 11.7 Å². The second-order valence-electron chi connectivity index (χ2n) is 5.02. The van der Waals surface area contributed by atoms with Crippen LogP contribution in [0.5, 0.6) is 0 Å². The highest BCUT2D eigenvalue weighted by Crippen LogP contribution is 2.14. The molecule has 0 saturated heterocycles. The molecule has 0 heterocycles. The zero-order chi connectivity index (χ0) is 13.7. The highest BCUT2D eigenvalue weighted by atomic mass is 19.1. The van der Waals surface area contributed by atoms with Gasteiger partial charge in [-0.15, -0.1) is 0 Å². The first kappa shape index (κ1) is 14.6. The Kier molecular flexibility index (Phi) is 5.28. The molecule has 1 N–H and O–H groups in total. The summed E-state index contributed by atoms with van der Waals surface area (Å²) in [5.74, 6) is -1.36. The molecular weight excluding hydrogens is 233 g/mol. The lowest BCUT2D eigenvalue weighted by Gasteiger charge is -2.23. The fraction of sp³-hybridized carbons (Fsp3) is 0.500. The first-order chi connectivity index (χ1) is 8.40. The average Bonchev–Trinajstić information content (AvgIpc) is 2.25. The molecule has 0 fully saturated rings. The van der Waals surface area contributed by atoms with Gasteiger partial charge in [-0.05, 0) is 30.7 Å². The van der Waals surface area contributed by atoms with Crippen molar-refractivity contribution in [3.8, 4) is 0 Å². The Bertz CT molecular complexity index is 407. The van der Waals surface area contributed by atoms with Gasteiger partial charge < -0.3 is 10.0 Å². The quantitative estimate of drug-likeness (QED) is 0.847. The van der Waals surface area contributed by atoms with Gasteiger partial charge in [0.25, 0.3) is 0 Å². The van der Waals surface area contributed by atoms with Gasteiger partial charge in [-0.3, -0.25) is 4.79 Å². The molecule has 0 aromatic heterocycles. The van der Waals surface area contributed by atoms with Crippen LogP contribution in [-0.2, 0) is 11.3 Å². The summed E-state index contributed by atoms with van der Waals surface area (Å²) in [6.45, 7) is 4.81. The minimum atomic E-state index is -0.781. The number of hydrogen-bond donors (Lipinski definition) is 1. The average molecular weight is 253 g/mol. The lowest BCUT2D eigenvalue weighted by molar-refractivity contribution is -0.144. The number of aliphatic carboxylic acids is 1. The van der Waals surface area contributed by atoms with Crippen LogP contribution in [0.4, 0.5) is 4.39 Å². The fourth-order valence-electron chi connectivity index (χ4n) is 1.92. The molecule has 0 aliphatic carbocycles. The van der Waals surface area contributed by atoms with E-state index in [0.717, 1.165) is 5.56 Å². The van der Waals surface area contributed by atoms with E-state index >= 15 is 0 Å². The molecule has 0 aliphatic rings. The van der Waals surface area contributed by atoms with Crippen LogP contribution in [0.15, 0.2) is 24.3 Å². The van der Waals surface area contributed by atoms with Crippen molar-refractivity contribution in [2.24, 2.45) is 11.8 Å². The zero-order valence-corrected chi connectivity index (χ0v) is 11.1. The summed E-state index contributed by atoms with van der Waals surface area (Å²) in [5, 5.41) is 9.12. The number of halogens is 1. The van der Waals surface area contributed by atoms with Crippen molar-refractivity contribution in [3.63, 3.8) is 0 Å². The Morgan fingerprint density at radius 3 is 2.61 bits per heavy atom. The number of carbonyl (C=O) groups is 1. The lowest BCUT2D eigenvalue weighted by Crippen LogP contribution is -2.33. The van der Waals surface area contributed by atoms with Crippen molar-refractivity contribution < 1.29 is 14.3 Å². The van der Waals surface area contributed by atoms with Gasteiger partial charge in [-0.2, -0.15) is 0 Å². The zero-order valence-electron chi connectivity index (χ0n) is 11.1. The minimum absolute atomic E-state index is 0.0810. The number of benzene rings is 1. The molecule has 1 rings (SSSR count). The highest BCUT2D eigenvalue weighted by Gasteiger charge is 2.22. The molecule has 0 saturated carbocycles. The lowest BCUT2D eigenvalue weighted by atomic mass is 9.95. The molecule has 1 aromatic carbocycles. The summed E-state index contributed by atoms with van der Waals surface area (Å²) in [6, 6.07) is 6.37. The predicted octanol–water partition coefficient (Wildman–Crippen LogP) is 2.61. The van der Waals surface area contributed by atoms with Crippen molar-refractivity contribution in [2.45, 2.75) is 20.4 Å². The van der Waals surface area contributed by atoms with Gasteiger partial charge in [0, 0.05) is 13.1 Å². The third-order valence-electron chi connectivity index (χ3n) is 2.97. The molecule has 100 valence electrons. The van der Waals surface area contributed by atoms with Crippen molar-refractivity contribution in [1.82, 2.24) is 4.90 Å². The summed E-state index contributed by atoms with van der Waals surface area (Å²) in [4.78, 5) is 13.0. The highest BCUT2D eigenvalue weighted by molar-refractivity contribution is 5.70. The minimum Gasteiger partial charge on any atom is -0.481 e. The molecule has 4 heteroatoms. The van der Waals surface area contributed by atoms with Gasteiger partial charge in [0.05, 0.1) is 5.92 Å². The largest absolute Gasteiger partial charge is 0.481 e. The summed E-state index contributed by atoms with van der Waals surface area (Å²) < 4.78 is 13.0. The van der Waals surface area contributed by atoms with E-state index in [1.165, 1.54) is 12.1 Å². The van der Waals surface area contributed by atoms with E-state index in [1.54, 1.807) is 6.07 Å². The first-order valence-corrected chi connectivity index (χ1v) is 6.06. The van der Waals surface area contributed by atoms with Gasteiger partial charge in [-0.1, -0.05) is 26.0 Å². The van der Waals surface area contributed by atoms with Crippen LogP contribution in [0.2, 0.25) is 0 Å². The topological polar surface area (TPSA) is 40.5 Å². The normalized spacial score (nSPS) is 13.0. The number of carboxylic acid groups (broad SMARTS) is 1. The van der Waals surface area contributed by atoms with Crippen LogP contribution in [-0.4, -0.2) is 29.6 Å². The second kappa shape index (κ2) is 6.50. The molecule has 0 amide bonds. The van der Waals surface area contributed by atoms with E-state index in [2.05, 4.69) is 0 Å². The van der Waals surface area contributed by atoms with Gasteiger partial charge in [-0.25, -0.2) is 4.39 Å². The van der Waals surface area contributed by atoms with Crippen LogP contribution >= 0.6 is 0 Å². The number of hydrogen-bond acceptors (Lipinski definition) is 2. The third-order valence-corrected chi connectivity index (χ3v) is 2.97. The van der Waals surface area contributed by atoms with Crippen LogP contribution in [0.1, 0.15) is 19.4 Å². The van der Waals surface area contributed by atoms with Crippen LogP contribution in [0, 0.1) is 17.7 Å². The maximum absolute atomic E-state index is 13.0.